The lowest BCUT2D eigenvalue weighted by Crippen LogP contribution is -2.29. The smallest absolute Gasteiger partial charge is 0.0526 e. The number of hydrogen-bond acceptors (Lipinski definition) is 3. The van der Waals surface area contributed by atoms with Crippen molar-refractivity contribution in [2.45, 2.75) is 19.4 Å². The molecule has 1 aliphatic heterocycles. The van der Waals surface area contributed by atoms with Gasteiger partial charge in [-0.1, -0.05) is 41.1 Å². The Morgan fingerprint density at radius 3 is 3.00 bits per heavy atom. The Balaban J connectivity index is 2.02. The van der Waals surface area contributed by atoms with E-state index in [4.69, 9.17) is 0 Å². The largest absolute Gasteiger partial charge is 0.316 e. The maximum atomic E-state index is 3.63. The minimum Gasteiger partial charge on any atom is -0.316 e. The van der Waals surface area contributed by atoms with Gasteiger partial charge in [-0.25, -0.2) is 5.43 Å². The van der Waals surface area contributed by atoms with Gasteiger partial charge in [0, 0.05) is 23.5 Å². The zero-order chi connectivity index (χ0) is 12.1. The maximum Gasteiger partial charge on any atom is 0.0526 e. The second-order valence-corrected chi connectivity index (χ2v) is 5.34. The highest BCUT2D eigenvalue weighted by Gasteiger charge is 2.28. The SMILES string of the molecule is CCCNCC1CNNC1c1ccccc1Br. The third-order valence-electron chi connectivity index (χ3n) is 3.17. The van der Waals surface area contributed by atoms with Gasteiger partial charge in [-0.2, -0.15) is 0 Å². The van der Waals surface area contributed by atoms with Gasteiger partial charge in [-0.3, -0.25) is 5.43 Å². The summed E-state index contributed by atoms with van der Waals surface area (Å²) in [5.74, 6) is 0.597. The minimum absolute atomic E-state index is 0.384. The molecule has 0 amide bonds. The van der Waals surface area contributed by atoms with Crippen molar-refractivity contribution in [2.75, 3.05) is 19.6 Å². The first kappa shape index (κ1) is 13.0. The van der Waals surface area contributed by atoms with Crippen molar-refractivity contribution in [1.82, 2.24) is 16.2 Å². The molecular weight excluding hydrogens is 278 g/mol. The average Bonchev–Trinajstić information content (AvgIpc) is 2.78. The first-order valence-electron chi connectivity index (χ1n) is 6.26. The van der Waals surface area contributed by atoms with E-state index in [0.717, 1.165) is 19.6 Å². The van der Waals surface area contributed by atoms with Crippen LogP contribution in [0.15, 0.2) is 28.7 Å². The summed E-state index contributed by atoms with van der Waals surface area (Å²) in [5, 5.41) is 3.50. The summed E-state index contributed by atoms with van der Waals surface area (Å²) in [6.07, 6.45) is 1.19. The van der Waals surface area contributed by atoms with Crippen LogP contribution in [0, 0.1) is 5.92 Å². The molecule has 2 unspecified atom stereocenters. The molecule has 2 atom stereocenters. The van der Waals surface area contributed by atoms with Gasteiger partial charge in [-0.15, -0.1) is 0 Å². The number of benzene rings is 1. The van der Waals surface area contributed by atoms with Crippen LogP contribution in [0.4, 0.5) is 0 Å². The van der Waals surface area contributed by atoms with E-state index >= 15 is 0 Å². The predicted octanol–water partition coefficient (Wildman–Crippen LogP) is 2.21. The van der Waals surface area contributed by atoms with Crippen molar-refractivity contribution in [1.29, 1.82) is 0 Å². The van der Waals surface area contributed by atoms with Crippen molar-refractivity contribution in [3.05, 3.63) is 34.3 Å². The van der Waals surface area contributed by atoms with E-state index in [2.05, 4.69) is 63.3 Å². The van der Waals surface area contributed by atoms with Crippen LogP contribution < -0.4 is 16.2 Å². The molecule has 1 heterocycles. The van der Waals surface area contributed by atoms with Gasteiger partial charge >= 0.3 is 0 Å². The molecule has 4 heteroatoms. The topological polar surface area (TPSA) is 36.1 Å². The summed E-state index contributed by atoms with van der Waals surface area (Å²) in [7, 11) is 0. The lowest BCUT2D eigenvalue weighted by atomic mass is 9.95. The van der Waals surface area contributed by atoms with Crippen LogP contribution in [-0.2, 0) is 0 Å². The van der Waals surface area contributed by atoms with E-state index in [-0.39, 0.29) is 0 Å². The number of hydrogen-bond donors (Lipinski definition) is 3. The zero-order valence-corrected chi connectivity index (χ0v) is 11.8. The highest BCUT2D eigenvalue weighted by molar-refractivity contribution is 9.10. The summed E-state index contributed by atoms with van der Waals surface area (Å²) in [6.45, 7) is 5.37. The molecule has 0 saturated carbocycles. The lowest BCUT2D eigenvalue weighted by molar-refractivity contribution is 0.441. The normalized spacial score (nSPS) is 24.1. The van der Waals surface area contributed by atoms with Gasteiger partial charge in [0.25, 0.3) is 0 Å². The monoisotopic (exact) mass is 297 g/mol. The molecule has 1 aromatic carbocycles. The van der Waals surface area contributed by atoms with E-state index < -0.39 is 0 Å². The van der Waals surface area contributed by atoms with E-state index in [9.17, 15) is 0 Å². The van der Waals surface area contributed by atoms with E-state index in [0.29, 0.717) is 12.0 Å². The second-order valence-electron chi connectivity index (χ2n) is 4.49. The first-order chi connectivity index (χ1) is 8.33. The minimum atomic E-state index is 0.384. The van der Waals surface area contributed by atoms with E-state index in [1.165, 1.54) is 16.5 Å². The maximum absolute atomic E-state index is 3.63. The van der Waals surface area contributed by atoms with Crippen LogP contribution >= 0.6 is 15.9 Å². The van der Waals surface area contributed by atoms with Gasteiger partial charge in [0.2, 0.25) is 0 Å². The van der Waals surface area contributed by atoms with Gasteiger partial charge < -0.3 is 5.32 Å². The molecule has 1 aliphatic rings. The molecule has 0 radical (unpaired) electrons. The number of nitrogens with one attached hydrogen (secondary N) is 3. The summed E-state index contributed by atoms with van der Waals surface area (Å²) in [5.41, 5.74) is 7.97. The Morgan fingerprint density at radius 2 is 2.24 bits per heavy atom. The molecule has 3 nitrogen and oxygen atoms in total. The molecule has 0 aliphatic carbocycles. The van der Waals surface area contributed by atoms with Crippen LogP contribution in [0.1, 0.15) is 24.9 Å². The van der Waals surface area contributed by atoms with E-state index in [1.807, 2.05) is 0 Å². The second kappa shape index (κ2) is 6.50. The molecule has 1 saturated heterocycles. The molecule has 0 bridgehead atoms. The highest BCUT2D eigenvalue weighted by Crippen LogP contribution is 2.29. The Morgan fingerprint density at radius 1 is 1.41 bits per heavy atom. The van der Waals surface area contributed by atoms with Crippen LogP contribution in [0.25, 0.3) is 0 Å². The van der Waals surface area contributed by atoms with Gasteiger partial charge in [0.1, 0.15) is 0 Å². The number of rotatable bonds is 5. The first-order valence-corrected chi connectivity index (χ1v) is 7.05. The Hall–Kier alpha value is -0.420. The molecule has 17 heavy (non-hydrogen) atoms. The fourth-order valence-electron chi connectivity index (χ4n) is 2.25. The molecule has 2 rings (SSSR count). The van der Waals surface area contributed by atoms with Gasteiger partial charge in [0.15, 0.2) is 0 Å². The predicted molar refractivity (Wildman–Crippen MR) is 74.7 cm³/mol. The third-order valence-corrected chi connectivity index (χ3v) is 3.89. The summed E-state index contributed by atoms with van der Waals surface area (Å²) >= 11 is 3.63. The van der Waals surface area contributed by atoms with Crippen molar-refractivity contribution in [2.24, 2.45) is 5.92 Å². The fraction of sp³-hybridized carbons (Fsp3) is 0.538. The van der Waals surface area contributed by atoms with Crippen molar-refractivity contribution >= 4 is 15.9 Å². The third kappa shape index (κ3) is 3.28. The Kier molecular flexibility index (Phi) is 4.98. The summed E-state index contributed by atoms with van der Waals surface area (Å²) < 4.78 is 1.18. The molecule has 3 N–H and O–H groups in total. The Labute approximate surface area is 111 Å². The Bertz CT molecular complexity index is 356. The van der Waals surface area contributed by atoms with Crippen LogP contribution in [0.3, 0.4) is 0 Å². The molecule has 94 valence electrons. The quantitative estimate of drug-likeness (QED) is 0.730. The summed E-state index contributed by atoms with van der Waals surface area (Å²) in [6, 6.07) is 8.82. The van der Waals surface area contributed by atoms with Crippen LogP contribution in [0.5, 0.6) is 0 Å². The molecule has 1 fully saturated rings. The number of halogens is 1. The summed E-state index contributed by atoms with van der Waals surface area (Å²) in [4.78, 5) is 0. The fourth-order valence-corrected chi connectivity index (χ4v) is 2.78. The lowest BCUT2D eigenvalue weighted by Gasteiger charge is -2.20. The van der Waals surface area contributed by atoms with Crippen molar-refractivity contribution in [3.8, 4) is 0 Å². The molecule has 0 aromatic heterocycles. The molecule has 1 aromatic rings. The standard InChI is InChI=1S/C13H20BrN3/c1-2-7-15-8-10-9-16-17-13(10)11-5-3-4-6-12(11)14/h3-6,10,13,15-17H,2,7-9H2,1H3. The molecular formula is C13H20BrN3. The molecule has 0 spiro atoms. The van der Waals surface area contributed by atoms with Crippen molar-refractivity contribution in [3.63, 3.8) is 0 Å². The number of hydrazine groups is 1. The van der Waals surface area contributed by atoms with Crippen LogP contribution in [-0.4, -0.2) is 19.6 Å². The van der Waals surface area contributed by atoms with E-state index in [1.54, 1.807) is 0 Å². The van der Waals surface area contributed by atoms with Crippen LogP contribution in [0.2, 0.25) is 0 Å². The highest BCUT2D eigenvalue weighted by atomic mass is 79.9. The van der Waals surface area contributed by atoms with Crippen molar-refractivity contribution < 1.29 is 0 Å². The van der Waals surface area contributed by atoms with Gasteiger partial charge in [0.05, 0.1) is 6.04 Å². The average molecular weight is 298 g/mol. The van der Waals surface area contributed by atoms with Gasteiger partial charge in [-0.05, 0) is 24.6 Å². The zero-order valence-electron chi connectivity index (χ0n) is 10.2.